The first-order chi connectivity index (χ1) is 13.0. The molecule has 0 aliphatic carbocycles. The molecule has 2 aromatic heterocycles. The maximum Gasteiger partial charge on any atom is 0.283 e. The van der Waals surface area contributed by atoms with Crippen LogP contribution in [-0.2, 0) is 13.0 Å². The van der Waals surface area contributed by atoms with Crippen LogP contribution < -0.4 is 10.9 Å². The summed E-state index contributed by atoms with van der Waals surface area (Å²) in [5.41, 5.74) is 1.27. The molecule has 0 aliphatic heterocycles. The molecule has 2 heterocycles. The van der Waals surface area contributed by atoms with E-state index in [0.717, 1.165) is 5.56 Å². The quantitative estimate of drug-likeness (QED) is 0.725. The van der Waals surface area contributed by atoms with Crippen LogP contribution in [0.25, 0.3) is 11.2 Å². The monoisotopic (exact) mass is 368 g/mol. The number of amides is 1. The van der Waals surface area contributed by atoms with Crippen molar-refractivity contribution in [2.45, 2.75) is 26.8 Å². The molecule has 140 valence electrons. The number of hydrogen-bond donors (Lipinski definition) is 1. The van der Waals surface area contributed by atoms with Crippen LogP contribution in [-0.4, -0.2) is 27.0 Å². The van der Waals surface area contributed by atoms with Crippen LogP contribution in [0.5, 0.6) is 0 Å². The van der Waals surface area contributed by atoms with Crippen LogP contribution in [0, 0.1) is 11.7 Å². The zero-order valence-electron chi connectivity index (χ0n) is 15.3. The number of rotatable bonds is 6. The van der Waals surface area contributed by atoms with Gasteiger partial charge in [-0.15, -0.1) is 0 Å². The van der Waals surface area contributed by atoms with Crippen LogP contribution in [0.4, 0.5) is 4.39 Å². The van der Waals surface area contributed by atoms with Crippen molar-refractivity contribution in [3.05, 3.63) is 70.0 Å². The van der Waals surface area contributed by atoms with Gasteiger partial charge in [-0.2, -0.15) is 0 Å². The van der Waals surface area contributed by atoms with E-state index in [-0.39, 0.29) is 17.4 Å². The molecule has 0 saturated heterocycles. The Balaban J connectivity index is 1.82. The van der Waals surface area contributed by atoms with Crippen molar-refractivity contribution in [2.24, 2.45) is 5.92 Å². The second-order valence-electron chi connectivity index (χ2n) is 6.75. The third-order valence-corrected chi connectivity index (χ3v) is 4.08. The van der Waals surface area contributed by atoms with Gasteiger partial charge in [-0.25, -0.2) is 14.4 Å². The summed E-state index contributed by atoms with van der Waals surface area (Å²) in [6.07, 6.45) is 2.13. The minimum absolute atomic E-state index is 0.143. The first-order valence-electron chi connectivity index (χ1n) is 8.84. The van der Waals surface area contributed by atoms with Gasteiger partial charge < -0.3 is 5.32 Å². The molecule has 3 rings (SSSR count). The molecular formula is C20H21FN4O2. The van der Waals surface area contributed by atoms with Gasteiger partial charge >= 0.3 is 0 Å². The summed E-state index contributed by atoms with van der Waals surface area (Å²) in [4.78, 5) is 33.8. The van der Waals surface area contributed by atoms with E-state index in [9.17, 15) is 14.0 Å². The molecule has 7 heteroatoms. The Hall–Kier alpha value is -3.09. The third-order valence-electron chi connectivity index (χ3n) is 4.08. The molecule has 0 unspecified atom stereocenters. The van der Waals surface area contributed by atoms with E-state index >= 15 is 0 Å². The average Bonchev–Trinajstić information content (AvgIpc) is 2.65. The largest absolute Gasteiger partial charge is 0.350 e. The van der Waals surface area contributed by atoms with E-state index in [1.54, 1.807) is 30.5 Å². The zero-order chi connectivity index (χ0) is 19.4. The molecule has 0 radical (unpaired) electrons. The fourth-order valence-corrected chi connectivity index (χ4v) is 2.81. The van der Waals surface area contributed by atoms with E-state index in [2.05, 4.69) is 15.3 Å². The van der Waals surface area contributed by atoms with Gasteiger partial charge in [0.1, 0.15) is 11.3 Å². The van der Waals surface area contributed by atoms with Crippen molar-refractivity contribution < 1.29 is 9.18 Å². The lowest BCUT2D eigenvalue weighted by molar-refractivity contribution is 0.0947. The Kier molecular flexibility index (Phi) is 5.59. The summed E-state index contributed by atoms with van der Waals surface area (Å²) in [6, 6.07) is 9.52. The van der Waals surface area contributed by atoms with Crippen molar-refractivity contribution in [1.82, 2.24) is 19.9 Å². The summed E-state index contributed by atoms with van der Waals surface area (Å²) in [5.74, 6) is -0.613. The number of halogens is 1. The Morgan fingerprint density at radius 3 is 2.67 bits per heavy atom. The smallest absolute Gasteiger partial charge is 0.283 e. The van der Waals surface area contributed by atoms with Crippen molar-refractivity contribution in [3.63, 3.8) is 0 Å². The normalized spacial score (nSPS) is 11.1. The van der Waals surface area contributed by atoms with Gasteiger partial charge in [0.2, 0.25) is 0 Å². The highest BCUT2D eigenvalue weighted by Crippen LogP contribution is 2.09. The third kappa shape index (κ3) is 4.36. The molecular weight excluding hydrogens is 347 g/mol. The molecule has 6 nitrogen and oxygen atoms in total. The fraction of sp³-hybridized carbons (Fsp3) is 0.300. The SMILES string of the molecule is CC(C)Cn1c(=O)c(C(=O)NCCc2ccc(F)cc2)nc2cccnc21. The number of carbonyl (C=O) groups is 1. The number of fused-ring (bicyclic) bond motifs is 1. The van der Waals surface area contributed by atoms with Gasteiger partial charge in [-0.05, 0) is 42.2 Å². The lowest BCUT2D eigenvalue weighted by atomic mass is 10.1. The predicted octanol–water partition coefficient (Wildman–Crippen LogP) is 2.56. The molecule has 27 heavy (non-hydrogen) atoms. The second kappa shape index (κ2) is 8.07. The minimum Gasteiger partial charge on any atom is -0.350 e. The molecule has 1 N–H and O–H groups in total. The van der Waals surface area contributed by atoms with E-state index < -0.39 is 11.5 Å². The first-order valence-corrected chi connectivity index (χ1v) is 8.84. The van der Waals surface area contributed by atoms with Gasteiger partial charge in [-0.1, -0.05) is 26.0 Å². The number of hydrogen-bond acceptors (Lipinski definition) is 4. The van der Waals surface area contributed by atoms with Gasteiger partial charge in [0.15, 0.2) is 11.3 Å². The standard InChI is InChI=1S/C20H21FN4O2/c1-13(2)12-25-18-16(4-3-10-22-18)24-17(20(25)27)19(26)23-11-9-14-5-7-15(21)8-6-14/h3-8,10,13H,9,11-12H2,1-2H3,(H,23,26). The fourth-order valence-electron chi connectivity index (χ4n) is 2.81. The van der Waals surface area contributed by atoms with Gasteiger partial charge in [0, 0.05) is 19.3 Å². The Bertz CT molecular complexity index is 1010. The summed E-state index contributed by atoms with van der Waals surface area (Å²) in [7, 11) is 0. The molecule has 0 spiro atoms. The summed E-state index contributed by atoms with van der Waals surface area (Å²) in [5, 5.41) is 2.72. The maximum absolute atomic E-state index is 12.9. The molecule has 3 aromatic rings. The van der Waals surface area contributed by atoms with Crippen LogP contribution in [0.3, 0.4) is 0 Å². The van der Waals surface area contributed by atoms with Gasteiger partial charge in [0.05, 0.1) is 0 Å². The van der Waals surface area contributed by atoms with Crippen LogP contribution >= 0.6 is 0 Å². The van der Waals surface area contributed by atoms with Crippen molar-refractivity contribution >= 4 is 17.1 Å². The van der Waals surface area contributed by atoms with Crippen LogP contribution in [0.2, 0.25) is 0 Å². The van der Waals surface area contributed by atoms with Crippen LogP contribution in [0.1, 0.15) is 29.9 Å². The molecule has 0 fully saturated rings. The lowest BCUT2D eigenvalue weighted by Gasteiger charge is -2.13. The molecule has 1 aromatic carbocycles. The van der Waals surface area contributed by atoms with E-state index in [0.29, 0.717) is 30.7 Å². The number of nitrogens with zero attached hydrogens (tertiary/aromatic N) is 3. The van der Waals surface area contributed by atoms with E-state index in [1.807, 2.05) is 13.8 Å². The first kappa shape index (κ1) is 18.7. The summed E-state index contributed by atoms with van der Waals surface area (Å²) < 4.78 is 14.4. The van der Waals surface area contributed by atoms with Crippen LogP contribution in [0.15, 0.2) is 47.4 Å². The highest BCUT2D eigenvalue weighted by atomic mass is 19.1. The van der Waals surface area contributed by atoms with Crippen molar-refractivity contribution in [2.75, 3.05) is 6.54 Å². The molecule has 0 bridgehead atoms. The number of pyridine rings is 1. The predicted molar refractivity (Wildman–Crippen MR) is 101 cm³/mol. The topological polar surface area (TPSA) is 76.9 Å². The van der Waals surface area contributed by atoms with Gasteiger partial charge in [-0.3, -0.25) is 14.2 Å². The maximum atomic E-state index is 12.9. The number of nitrogens with one attached hydrogen (secondary N) is 1. The molecule has 0 atom stereocenters. The number of aromatic nitrogens is 3. The highest BCUT2D eigenvalue weighted by molar-refractivity contribution is 5.93. The molecule has 1 amide bonds. The van der Waals surface area contributed by atoms with Gasteiger partial charge in [0.25, 0.3) is 11.5 Å². The Morgan fingerprint density at radius 2 is 1.96 bits per heavy atom. The molecule has 0 aliphatic rings. The van der Waals surface area contributed by atoms with Crippen molar-refractivity contribution in [3.8, 4) is 0 Å². The lowest BCUT2D eigenvalue weighted by Crippen LogP contribution is -2.36. The number of carbonyl (C=O) groups excluding carboxylic acids is 1. The van der Waals surface area contributed by atoms with Crippen molar-refractivity contribution in [1.29, 1.82) is 0 Å². The van der Waals surface area contributed by atoms with E-state index in [1.165, 1.54) is 16.7 Å². The summed E-state index contributed by atoms with van der Waals surface area (Å²) >= 11 is 0. The number of benzene rings is 1. The highest BCUT2D eigenvalue weighted by Gasteiger charge is 2.18. The second-order valence-corrected chi connectivity index (χ2v) is 6.75. The van der Waals surface area contributed by atoms with E-state index in [4.69, 9.17) is 0 Å². The summed E-state index contributed by atoms with van der Waals surface area (Å²) in [6.45, 7) is 4.75. The Morgan fingerprint density at radius 1 is 1.22 bits per heavy atom. The average molecular weight is 368 g/mol. The zero-order valence-corrected chi connectivity index (χ0v) is 15.3. The molecule has 0 saturated carbocycles. The Labute approximate surface area is 156 Å². The minimum atomic E-state index is -0.523.